The second-order valence-electron chi connectivity index (χ2n) is 4.58. The van der Waals surface area contributed by atoms with E-state index in [1.54, 1.807) is 36.4 Å². The Balaban J connectivity index is 0.000000160. The zero-order valence-electron chi connectivity index (χ0n) is 12.3. The first-order valence-corrected chi connectivity index (χ1v) is 6.65. The summed E-state index contributed by atoms with van der Waals surface area (Å²) in [6, 6.07) is 17.8. The van der Waals surface area contributed by atoms with E-state index in [4.69, 9.17) is 0 Å². The van der Waals surface area contributed by atoms with E-state index >= 15 is 0 Å². The van der Waals surface area contributed by atoms with Crippen molar-refractivity contribution in [3.05, 3.63) is 73.1 Å². The van der Waals surface area contributed by atoms with Gasteiger partial charge in [0, 0.05) is 0 Å². The van der Waals surface area contributed by atoms with Crippen molar-refractivity contribution in [2.45, 2.75) is 0 Å². The number of aromatic nitrogens is 2. The van der Waals surface area contributed by atoms with Gasteiger partial charge in [0.2, 0.25) is 0 Å². The summed E-state index contributed by atoms with van der Waals surface area (Å²) in [5.74, 6) is 0.415. The van der Waals surface area contributed by atoms with Crippen LogP contribution in [0, 0.1) is 12.4 Å². The van der Waals surface area contributed by atoms with Gasteiger partial charge in [-0.2, -0.15) is 24.3 Å². The molecule has 0 saturated heterocycles. The SMILES string of the molecule is Oc1cccc2cc[c-]nc12.Oc1cccc2cc[c-]nc12.[Mg+2]. The molecule has 4 nitrogen and oxygen atoms in total. The number of benzene rings is 2. The molecule has 2 N–H and O–H groups in total. The molecule has 5 heteroatoms. The van der Waals surface area contributed by atoms with Gasteiger partial charge in [-0.1, -0.05) is 36.7 Å². The quantitative estimate of drug-likeness (QED) is 0.387. The third-order valence-electron chi connectivity index (χ3n) is 3.12. The Bertz CT molecular complexity index is 841. The van der Waals surface area contributed by atoms with Crippen LogP contribution in [0.15, 0.2) is 60.7 Å². The summed E-state index contributed by atoms with van der Waals surface area (Å²) in [6.45, 7) is 0. The minimum Gasteiger partial charge on any atom is -0.519 e. The average molecular weight is 313 g/mol. The fourth-order valence-electron chi connectivity index (χ4n) is 2.07. The second kappa shape index (κ2) is 7.76. The van der Waals surface area contributed by atoms with Crippen LogP contribution < -0.4 is 0 Å². The van der Waals surface area contributed by atoms with Crippen molar-refractivity contribution < 1.29 is 10.2 Å². The Morgan fingerprint density at radius 1 is 0.652 bits per heavy atom. The minimum atomic E-state index is 0. The van der Waals surface area contributed by atoms with Gasteiger partial charge >= 0.3 is 23.1 Å². The summed E-state index contributed by atoms with van der Waals surface area (Å²) in [7, 11) is 0. The van der Waals surface area contributed by atoms with E-state index in [9.17, 15) is 10.2 Å². The number of nitrogens with zero attached hydrogens (tertiary/aromatic N) is 2. The largest absolute Gasteiger partial charge is 2.00 e. The van der Waals surface area contributed by atoms with E-state index in [1.165, 1.54) is 0 Å². The molecule has 0 radical (unpaired) electrons. The summed E-state index contributed by atoms with van der Waals surface area (Å²) in [6.07, 6.45) is 5.33. The molecule has 0 aliphatic heterocycles. The first-order chi connectivity index (χ1) is 10.8. The molecule has 2 aromatic heterocycles. The molecule has 0 unspecified atom stereocenters. The molecule has 4 rings (SSSR count). The van der Waals surface area contributed by atoms with Crippen molar-refractivity contribution in [3.63, 3.8) is 0 Å². The van der Waals surface area contributed by atoms with E-state index in [0.29, 0.717) is 11.0 Å². The molecule has 23 heavy (non-hydrogen) atoms. The van der Waals surface area contributed by atoms with Crippen molar-refractivity contribution in [2.75, 3.05) is 0 Å². The van der Waals surface area contributed by atoms with Crippen molar-refractivity contribution in [1.82, 2.24) is 9.97 Å². The van der Waals surface area contributed by atoms with Crippen molar-refractivity contribution >= 4 is 44.9 Å². The van der Waals surface area contributed by atoms with Gasteiger partial charge in [0.25, 0.3) is 0 Å². The van der Waals surface area contributed by atoms with Gasteiger partial charge in [0.1, 0.15) is 0 Å². The summed E-state index contributed by atoms with van der Waals surface area (Å²) < 4.78 is 0. The van der Waals surface area contributed by atoms with E-state index in [2.05, 4.69) is 22.4 Å². The number of fused-ring (bicyclic) bond motifs is 2. The zero-order valence-corrected chi connectivity index (χ0v) is 13.7. The van der Waals surface area contributed by atoms with E-state index in [1.807, 2.05) is 24.3 Å². The molecule has 4 aromatic rings. The number of para-hydroxylation sites is 2. The molecule has 0 saturated carbocycles. The molecule has 0 amide bonds. The predicted molar refractivity (Wildman–Crippen MR) is 90.2 cm³/mol. The van der Waals surface area contributed by atoms with Crippen LogP contribution in [0.2, 0.25) is 0 Å². The van der Waals surface area contributed by atoms with E-state index in [0.717, 1.165) is 10.8 Å². The van der Waals surface area contributed by atoms with Crippen molar-refractivity contribution in [3.8, 4) is 11.5 Å². The molecule has 0 atom stereocenters. The molecule has 2 aromatic carbocycles. The maximum Gasteiger partial charge on any atom is 2.00 e. The number of phenols is 2. The van der Waals surface area contributed by atoms with Gasteiger partial charge in [-0.3, -0.25) is 0 Å². The van der Waals surface area contributed by atoms with Gasteiger partial charge < -0.3 is 20.2 Å². The van der Waals surface area contributed by atoms with Crippen LogP contribution in [0.1, 0.15) is 0 Å². The number of rotatable bonds is 0. The fraction of sp³-hybridized carbons (Fsp3) is 0. The summed E-state index contributed by atoms with van der Waals surface area (Å²) in [4.78, 5) is 7.81. The third-order valence-corrected chi connectivity index (χ3v) is 3.12. The normalized spacial score (nSPS) is 9.74. The maximum atomic E-state index is 9.29. The number of pyridine rings is 2. The molecule has 0 aliphatic rings. The molecule has 0 aliphatic carbocycles. The minimum absolute atomic E-state index is 0. The number of aromatic hydroxyl groups is 2. The van der Waals surface area contributed by atoms with Crippen LogP contribution >= 0.6 is 0 Å². The van der Waals surface area contributed by atoms with Crippen molar-refractivity contribution in [2.24, 2.45) is 0 Å². The van der Waals surface area contributed by atoms with E-state index in [-0.39, 0.29) is 34.6 Å². The van der Waals surface area contributed by atoms with Gasteiger partial charge in [0.15, 0.2) is 0 Å². The van der Waals surface area contributed by atoms with Crippen LogP contribution in [0.4, 0.5) is 0 Å². The average Bonchev–Trinajstić information content (AvgIpc) is 2.57. The molecule has 0 spiro atoms. The second-order valence-corrected chi connectivity index (χ2v) is 4.58. The van der Waals surface area contributed by atoms with Crippen LogP contribution in [-0.2, 0) is 0 Å². The molecule has 108 valence electrons. The Labute approximate surface area is 149 Å². The molecular weight excluding hydrogens is 301 g/mol. The Kier molecular flexibility index (Phi) is 5.73. The van der Waals surface area contributed by atoms with Gasteiger partial charge in [0.05, 0.1) is 11.5 Å². The maximum absolute atomic E-state index is 9.29. The Hall–Kier alpha value is -2.37. The Morgan fingerprint density at radius 2 is 1.09 bits per heavy atom. The van der Waals surface area contributed by atoms with E-state index < -0.39 is 0 Å². The molecule has 0 bridgehead atoms. The summed E-state index contributed by atoms with van der Waals surface area (Å²) in [5, 5.41) is 20.4. The summed E-state index contributed by atoms with van der Waals surface area (Å²) in [5.41, 5.74) is 1.21. The molecular formula is C18H12MgN2O2. The smallest absolute Gasteiger partial charge is 0.519 e. The number of phenolic OH excluding ortho intramolecular Hbond substituents is 2. The predicted octanol–water partition coefficient (Wildman–Crippen LogP) is 3.10. The van der Waals surface area contributed by atoms with Crippen LogP contribution in [0.25, 0.3) is 21.8 Å². The first kappa shape index (κ1) is 17.0. The fourth-order valence-corrected chi connectivity index (χ4v) is 2.07. The summed E-state index contributed by atoms with van der Waals surface area (Å²) >= 11 is 0. The van der Waals surface area contributed by atoms with Crippen LogP contribution in [0.3, 0.4) is 0 Å². The number of hydrogen-bond donors (Lipinski definition) is 2. The number of hydrogen-bond acceptors (Lipinski definition) is 4. The van der Waals surface area contributed by atoms with Gasteiger partial charge in [-0.15, -0.1) is 10.8 Å². The van der Waals surface area contributed by atoms with Crippen LogP contribution in [0.5, 0.6) is 11.5 Å². The topological polar surface area (TPSA) is 66.2 Å². The monoisotopic (exact) mass is 312 g/mol. The first-order valence-electron chi connectivity index (χ1n) is 6.65. The molecule has 2 heterocycles. The Morgan fingerprint density at radius 3 is 1.48 bits per heavy atom. The van der Waals surface area contributed by atoms with Gasteiger partial charge in [-0.25, -0.2) is 0 Å². The third kappa shape index (κ3) is 3.88. The van der Waals surface area contributed by atoms with Gasteiger partial charge in [-0.05, 0) is 23.2 Å². The zero-order chi connectivity index (χ0) is 15.4. The van der Waals surface area contributed by atoms with Crippen molar-refractivity contribution in [1.29, 1.82) is 0 Å². The van der Waals surface area contributed by atoms with Crippen LogP contribution in [-0.4, -0.2) is 43.2 Å². The standard InChI is InChI=1S/2C9H6NO.Mg/c2*11-8-5-1-3-7-4-2-6-10-9(7)8;/h2*1-5,11H;/q2*-1;+2. The molecule has 0 fully saturated rings.